The zero-order valence-corrected chi connectivity index (χ0v) is 14.6. The molecule has 0 saturated heterocycles. The summed E-state index contributed by atoms with van der Waals surface area (Å²) in [6.45, 7) is 2.68. The first-order valence-corrected chi connectivity index (χ1v) is 9.12. The topological polar surface area (TPSA) is 101 Å². The van der Waals surface area contributed by atoms with Crippen LogP contribution in [0.15, 0.2) is 47.4 Å². The number of fused-ring (bicyclic) bond motifs is 2. The van der Waals surface area contributed by atoms with Gasteiger partial charge in [-0.15, -0.1) is 0 Å². The monoisotopic (exact) mass is 359 g/mol. The van der Waals surface area contributed by atoms with Gasteiger partial charge in [-0.05, 0) is 32.0 Å². The van der Waals surface area contributed by atoms with Crippen LogP contribution in [0.5, 0.6) is 0 Å². The fraction of sp³-hybridized carbons (Fsp3) is 0.222. The highest BCUT2D eigenvalue weighted by Crippen LogP contribution is 2.29. The van der Waals surface area contributed by atoms with Crippen LogP contribution in [0.2, 0.25) is 0 Å². The van der Waals surface area contributed by atoms with Crippen molar-refractivity contribution in [3.8, 4) is 0 Å². The zero-order valence-electron chi connectivity index (χ0n) is 13.7. The number of hydrogen-bond acceptors (Lipinski definition) is 5. The van der Waals surface area contributed by atoms with E-state index in [1.807, 2.05) is 0 Å². The first-order chi connectivity index (χ1) is 11.7. The lowest BCUT2D eigenvalue weighted by Gasteiger charge is -2.24. The average Bonchev–Trinajstić information content (AvgIpc) is 2.58. The normalized spacial score (nSPS) is 14.2. The van der Waals surface area contributed by atoms with Crippen LogP contribution in [0.25, 0.3) is 0 Å². The molecule has 6 nitrogen and oxygen atoms in total. The highest BCUT2D eigenvalue weighted by Gasteiger charge is 2.32. The molecule has 3 rings (SSSR count). The number of carbonyl (C=O) groups is 2. The van der Waals surface area contributed by atoms with E-state index in [9.17, 15) is 23.1 Å². The van der Waals surface area contributed by atoms with Gasteiger partial charge in [0.25, 0.3) is 0 Å². The summed E-state index contributed by atoms with van der Waals surface area (Å²) in [6, 6.07) is 10.3. The molecule has 0 aromatic heterocycles. The van der Waals surface area contributed by atoms with Gasteiger partial charge in [0.15, 0.2) is 11.6 Å². The first-order valence-electron chi connectivity index (χ1n) is 7.63. The van der Waals surface area contributed by atoms with Gasteiger partial charge in [0.2, 0.25) is 10.0 Å². The van der Waals surface area contributed by atoms with Crippen molar-refractivity contribution in [3.05, 3.63) is 64.7 Å². The molecular formula is C18H17NO5S. The smallest absolute Gasteiger partial charge is 0.241 e. The van der Waals surface area contributed by atoms with Gasteiger partial charge in [-0.3, -0.25) is 9.59 Å². The maximum Gasteiger partial charge on any atom is 0.241 e. The van der Waals surface area contributed by atoms with E-state index in [2.05, 4.69) is 4.72 Å². The number of nitrogens with one attached hydrogen (secondary N) is 1. The van der Waals surface area contributed by atoms with E-state index >= 15 is 0 Å². The first kappa shape index (κ1) is 17.5. The van der Waals surface area contributed by atoms with Crippen LogP contribution in [-0.4, -0.2) is 37.2 Å². The van der Waals surface area contributed by atoms with Crippen molar-refractivity contribution in [2.45, 2.75) is 24.3 Å². The van der Waals surface area contributed by atoms with Gasteiger partial charge in [-0.25, -0.2) is 13.1 Å². The molecule has 0 unspecified atom stereocenters. The molecule has 1 aliphatic rings. The summed E-state index contributed by atoms with van der Waals surface area (Å²) in [7, 11) is -3.96. The highest BCUT2D eigenvalue weighted by molar-refractivity contribution is 7.89. The Morgan fingerprint density at radius 1 is 0.920 bits per heavy atom. The van der Waals surface area contributed by atoms with Crippen LogP contribution in [0.3, 0.4) is 0 Å². The molecular weight excluding hydrogens is 342 g/mol. The summed E-state index contributed by atoms with van der Waals surface area (Å²) in [4.78, 5) is 25.1. The second-order valence-electron chi connectivity index (χ2n) is 6.56. The van der Waals surface area contributed by atoms with Crippen molar-refractivity contribution in [1.82, 2.24) is 4.72 Å². The molecule has 130 valence electrons. The standard InChI is InChI=1S/C18H17NO5S/c1-18(2,10-20)19-25(23,24)11-7-8-14-15(9-11)17(22)13-6-4-3-5-12(13)16(14)21/h3-9,19-20H,10H2,1-2H3. The van der Waals surface area contributed by atoms with E-state index < -0.39 is 15.6 Å². The summed E-state index contributed by atoms with van der Waals surface area (Å²) in [5.74, 6) is -0.693. The molecule has 0 bridgehead atoms. The largest absolute Gasteiger partial charge is 0.394 e. The minimum atomic E-state index is -3.96. The summed E-state index contributed by atoms with van der Waals surface area (Å²) < 4.78 is 27.4. The Morgan fingerprint density at radius 2 is 1.44 bits per heavy atom. The second-order valence-corrected chi connectivity index (χ2v) is 8.24. The number of hydrogen-bond donors (Lipinski definition) is 2. The molecule has 25 heavy (non-hydrogen) atoms. The van der Waals surface area contributed by atoms with E-state index in [-0.39, 0.29) is 39.8 Å². The van der Waals surface area contributed by atoms with Crippen molar-refractivity contribution in [2.75, 3.05) is 6.61 Å². The lowest BCUT2D eigenvalue weighted by atomic mass is 9.84. The third-order valence-electron chi connectivity index (χ3n) is 4.01. The molecule has 2 N–H and O–H groups in total. The summed E-state index contributed by atoms with van der Waals surface area (Å²) in [6.07, 6.45) is 0. The van der Waals surface area contributed by atoms with Crippen LogP contribution >= 0.6 is 0 Å². The Bertz CT molecular complexity index is 992. The van der Waals surface area contributed by atoms with Gasteiger partial charge in [0.1, 0.15) is 0 Å². The number of carbonyl (C=O) groups excluding carboxylic acids is 2. The van der Waals surface area contributed by atoms with Gasteiger partial charge in [0.05, 0.1) is 17.0 Å². The maximum absolute atomic E-state index is 12.7. The summed E-state index contributed by atoms with van der Waals surface area (Å²) in [5, 5.41) is 9.26. The van der Waals surface area contributed by atoms with E-state index in [1.54, 1.807) is 24.3 Å². The molecule has 0 fully saturated rings. The number of aliphatic hydroxyl groups is 1. The van der Waals surface area contributed by atoms with Crippen molar-refractivity contribution >= 4 is 21.6 Å². The lowest BCUT2D eigenvalue weighted by molar-refractivity contribution is 0.0979. The minimum Gasteiger partial charge on any atom is -0.394 e. The molecule has 0 atom stereocenters. The zero-order chi connectivity index (χ0) is 18.4. The molecule has 0 saturated carbocycles. The molecule has 7 heteroatoms. The lowest BCUT2D eigenvalue weighted by Crippen LogP contribution is -2.46. The molecule has 1 aliphatic carbocycles. The molecule has 2 aromatic rings. The van der Waals surface area contributed by atoms with Gasteiger partial charge in [-0.1, -0.05) is 24.3 Å². The van der Waals surface area contributed by atoms with Crippen LogP contribution in [0, 0.1) is 0 Å². The van der Waals surface area contributed by atoms with Gasteiger partial charge < -0.3 is 5.11 Å². The molecule has 0 spiro atoms. The Kier molecular flexibility index (Phi) is 4.10. The molecule has 0 heterocycles. The Labute approximate surface area is 145 Å². The molecule has 0 radical (unpaired) electrons. The van der Waals surface area contributed by atoms with E-state index in [4.69, 9.17) is 0 Å². The maximum atomic E-state index is 12.7. The number of aliphatic hydroxyl groups excluding tert-OH is 1. The van der Waals surface area contributed by atoms with Gasteiger partial charge in [-0.2, -0.15) is 0 Å². The fourth-order valence-corrected chi connectivity index (χ4v) is 4.13. The fourth-order valence-electron chi connectivity index (χ4n) is 2.70. The van der Waals surface area contributed by atoms with Crippen molar-refractivity contribution in [3.63, 3.8) is 0 Å². The van der Waals surface area contributed by atoms with Crippen LogP contribution < -0.4 is 4.72 Å². The van der Waals surface area contributed by atoms with Crippen LogP contribution in [0.4, 0.5) is 0 Å². The van der Waals surface area contributed by atoms with Crippen molar-refractivity contribution in [1.29, 1.82) is 0 Å². The summed E-state index contributed by atoms with van der Waals surface area (Å²) in [5.41, 5.74) is -0.230. The number of sulfonamides is 1. The van der Waals surface area contributed by atoms with Crippen molar-refractivity contribution < 1.29 is 23.1 Å². The quantitative estimate of drug-likeness (QED) is 0.735. The van der Waals surface area contributed by atoms with Crippen LogP contribution in [0.1, 0.15) is 45.7 Å². The number of benzene rings is 2. The number of ketones is 2. The SMILES string of the molecule is CC(C)(CO)NS(=O)(=O)c1ccc2c(c1)C(=O)c1ccccc1C2=O. The molecule has 2 aromatic carbocycles. The summed E-state index contributed by atoms with van der Waals surface area (Å²) >= 11 is 0. The van der Waals surface area contributed by atoms with Crippen LogP contribution in [-0.2, 0) is 10.0 Å². The predicted molar refractivity (Wildman–Crippen MR) is 91.2 cm³/mol. The average molecular weight is 359 g/mol. The molecule has 0 amide bonds. The third kappa shape index (κ3) is 3.02. The highest BCUT2D eigenvalue weighted by atomic mass is 32.2. The third-order valence-corrected chi connectivity index (χ3v) is 5.71. The van der Waals surface area contributed by atoms with Gasteiger partial charge in [0, 0.05) is 22.3 Å². The van der Waals surface area contributed by atoms with E-state index in [0.717, 1.165) is 0 Å². The van der Waals surface area contributed by atoms with E-state index in [1.165, 1.54) is 32.0 Å². The predicted octanol–water partition coefficient (Wildman–Crippen LogP) is 1.51. The Balaban J connectivity index is 2.09. The minimum absolute atomic E-state index is 0.0633. The van der Waals surface area contributed by atoms with Gasteiger partial charge >= 0.3 is 0 Å². The van der Waals surface area contributed by atoms with E-state index in [0.29, 0.717) is 5.56 Å². The van der Waals surface area contributed by atoms with Crippen molar-refractivity contribution in [2.24, 2.45) is 0 Å². The Hall–Kier alpha value is -2.35. The molecule has 0 aliphatic heterocycles. The number of rotatable bonds is 4. The Morgan fingerprint density at radius 3 is 2.00 bits per heavy atom. The second kappa shape index (κ2) is 5.87.